The molecule has 2 N–H and O–H groups in total. The first-order chi connectivity index (χ1) is 12.8. The van der Waals surface area contributed by atoms with Crippen LogP contribution >= 0.6 is 0 Å². The van der Waals surface area contributed by atoms with Gasteiger partial charge < -0.3 is 24.9 Å². The smallest absolute Gasteiger partial charge is 0.540 e. The molecule has 0 aliphatic rings. The van der Waals surface area contributed by atoms with Gasteiger partial charge in [0, 0.05) is 17.6 Å². The summed E-state index contributed by atoms with van der Waals surface area (Å²) in [5.41, 5.74) is 4.21. The predicted molar refractivity (Wildman–Crippen MR) is 102 cm³/mol. The molecule has 7 heteroatoms. The Bertz CT molecular complexity index is 1040. The molecule has 0 aliphatic heterocycles. The Hall–Kier alpha value is -2.28. The molecule has 140 valence electrons. The molecule has 0 saturated heterocycles. The first-order valence-electron chi connectivity index (χ1n) is 8.71. The van der Waals surface area contributed by atoms with Crippen LogP contribution in [0.3, 0.4) is 0 Å². The van der Waals surface area contributed by atoms with Gasteiger partial charge in [0.1, 0.15) is 11.7 Å². The summed E-state index contributed by atoms with van der Waals surface area (Å²) in [4.78, 5) is 22.2. The van der Waals surface area contributed by atoms with E-state index in [0.29, 0.717) is 12.2 Å². The molecule has 1 heterocycles. The van der Waals surface area contributed by atoms with Crippen molar-refractivity contribution in [3.63, 3.8) is 0 Å². The predicted octanol–water partition coefficient (Wildman–Crippen LogP) is -0.481. The molecule has 1 aromatic heterocycles. The van der Waals surface area contributed by atoms with E-state index in [1.807, 2.05) is 45.0 Å². The van der Waals surface area contributed by atoms with E-state index < -0.39 is 11.9 Å². The van der Waals surface area contributed by atoms with Crippen molar-refractivity contribution in [3.05, 3.63) is 59.3 Å². The van der Waals surface area contributed by atoms with E-state index in [9.17, 15) is 19.8 Å². The van der Waals surface area contributed by atoms with Crippen LogP contribution in [0, 0.1) is 6.92 Å². The van der Waals surface area contributed by atoms with Gasteiger partial charge in [0.2, 0.25) is 0 Å². The van der Waals surface area contributed by atoms with E-state index in [0.717, 1.165) is 27.7 Å². The fourth-order valence-corrected chi connectivity index (χ4v) is 3.26. The molecule has 0 atom stereocenters. The van der Waals surface area contributed by atoms with Crippen molar-refractivity contribution in [2.75, 3.05) is 5.32 Å². The number of rotatable bonds is 4. The van der Waals surface area contributed by atoms with Gasteiger partial charge in [-0.3, -0.25) is 4.79 Å². The van der Waals surface area contributed by atoms with Gasteiger partial charge in [0.25, 0.3) is 5.91 Å². The van der Waals surface area contributed by atoms with Crippen molar-refractivity contribution in [3.8, 4) is 5.75 Å². The first-order valence-corrected chi connectivity index (χ1v) is 8.71. The third kappa shape index (κ3) is 4.41. The number of carboxylic acids is 1. The van der Waals surface area contributed by atoms with Gasteiger partial charge in [-0.1, -0.05) is 32.0 Å². The number of benzene rings is 2. The van der Waals surface area contributed by atoms with Gasteiger partial charge in [-0.05, 0) is 48.2 Å². The number of aromatic hydroxyl groups is 1. The van der Waals surface area contributed by atoms with Crippen LogP contribution in [-0.2, 0) is 16.1 Å². The van der Waals surface area contributed by atoms with E-state index in [1.54, 1.807) is 18.2 Å². The van der Waals surface area contributed by atoms with Crippen molar-refractivity contribution in [2.24, 2.45) is 0 Å². The van der Waals surface area contributed by atoms with Crippen molar-refractivity contribution in [1.29, 1.82) is 0 Å². The Labute approximate surface area is 185 Å². The molecule has 3 rings (SSSR count). The summed E-state index contributed by atoms with van der Waals surface area (Å²) in [6, 6.07) is 12.8. The van der Waals surface area contributed by atoms with E-state index in [1.165, 1.54) is 0 Å². The minimum absolute atomic E-state index is 0. The third-order valence-corrected chi connectivity index (χ3v) is 4.64. The Balaban J connectivity index is 0.00000280. The minimum Gasteiger partial charge on any atom is -0.540 e. The Kier molecular flexibility index (Phi) is 6.93. The van der Waals surface area contributed by atoms with Crippen LogP contribution in [0.15, 0.2) is 42.5 Å². The molecule has 28 heavy (non-hydrogen) atoms. The number of aliphatic carboxylic acids is 1. The second-order valence-corrected chi connectivity index (χ2v) is 6.90. The van der Waals surface area contributed by atoms with Crippen LogP contribution in [-0.4, -0.2) is 21.6 Å². The van der Waals surface area contributed by atoms with E-state index in [4.69, 9.17) is 0 Å². The molecular formula is C21H21N2NaO4. The number of hydrogen-bond donors (Lipinski definition) is 2. The zero-order valence-electron chi connectivity index (χ0n) is 16.4. The number of aromatic nitrogens is 1. The maximum atomic E-state index is 11.5. The second kappa shape index (κ2) is 8.82. The molecule has 0 radical (unpaired) electrons. The fraction of sp³-hybridized carbons (Fsp3) is 0.238. The molecule has 0 fully saturated rings. The van der Waals surface area contributed by atoms with E-state index >= 15 is 0 Å². The summed E-state index contributed by atoms with van der Waals surface area (Å²) in [5.74, 6) is -2.45. The Morgan fingerprint density at radius 3 is 2.54 bits per heavy atom. The SMILES string of the molecule is Cc1cc2c(NC(=O)C(=O)[O-])cccc2n1Cc1ccc(O)c(C(C)C)c1.[Na+]. The van der Waals surface area contributed by atoms with Crippen LogP contribution in [0.25, 0.3) is 10.9 Å². The number of nitrogens with one attached hydrogen (secondary N) is 1. The molecule has 2 aromatic carbocycles. The molecule has 3 aromatic rings. The summed E-state index contributed by atoms with van der Waals surface area (Å²) in [7, 11) is 0. The van der Waals surface area contributed by atoms with Crippen LogP contribution in [0.1, 0.15) is 36.6 Å². The summed E-state index contributed by atoms with van der Waals surface area (Å²) in [5, 5.41) is 23.9. The molecule has 0 spiro atoms. The average molecular weight is 388 g/mol. The number of hydrogen-bond acceptors (Lipinski definition) is 4. The van der Waals surface area contributed by atoms with Crippen molar-refractivity contribution in [1.82, 2.24) is 4.57 Å². The molecule has 0 unspecified atom stereocenters. The van der Waals surface area contributed by atoms with Crippen molar-refractivity contribution in [2.45, 2.75) is 33.2 Å². The standard InChI is InChI=1S/C21H22N2O4.Na/c1-12(2)15-10-14(7-8-19(15)24)11-23-13(3)9-16-17(5-4-6-18(16)23)22-20(25)21(26)27;/h4-10,12,24H,11H2,1-3H3,(H,22,25)(H,26,27);/q;+1/p-1. The van der Waals surface area contributed by atoms with Gasteiger partial charge in [0.05, 0.1) is 11.2 Å². The number of carbonyl (C=O) groups is 2. The number of phenols is 1. The van der Waals surface area contributed by atoms with Crippen molar-refractivity contribution < 1.29 is 49.4 Å². The number of phenolic OH excluding ortho intramolecular Hbond substituents is 1. The van der Waals surface area contributed by atoms with Gasteiger partial charge in [-0.25, -0.2) is 0 Å². The zero-order valence-corrected chi connectivity index (χ0v) is 18.4. The molecule has 0 bridgehead atoms. The van der Waals surface area contributed by atoms with Gasteiger partial charge in [0.15, 0.2) is 0 Å². The zero-order chi connectivity index (χ0) is 19.7. The Morgan fingerprint density at radius 2 is 1.89 bits per heavy atom. The monoisotopic (exact) mass is 388 g/mol. The quantitative estimate of drug-likeness (QED) is 0.466. The average Bonchev–Trinajstić information content (AvgIpc) is 2.93. The van der Waals surface area contributed by atoms with Gasteiger partial charge in [-0.2, -0.15) is 0 Å². The van der Waals surface area contributed by atoms with Crippen LogP contribution in [0.5, 0.6) is 5.75 Å². The first kappa shape index (κ1) is 22.0. The van der Waals surface area contributed by atoms with Gasteiger partial charge in [-0.15, -0.1) is 0 Å². The maximum absolute atomic E-state index is 11.5. The molecule has 0 aliphatic carbocycles. The second-order valence-electron chi connectivity index (χ2n) is 6.90. The molecule has 0 saturated carbocycles. The van der Waals surface area contributed by atoms with Crippen LogP contribution in [0.4, 0.5) is 5.69 Å². The molecule has 1 amide bonds. The summed E-state index contributed by atoms with van der Waals surface area (Å²) in [6.45, 7) is 6.60. The molecule has 6 nitrogen and oxygen atoms in total. The van der Waals surface area contributed by atoms with Crippen LogP contribution < -0.4 is 40.0 Å². The number of amides is 1. The topological polar surface area (TPSA) is 94.4 Å². The number of carboxylic acid groups (broad SMARTS) is 1. The summed E-state index contributed by atoms with van der Waals surface area (Å²) in [6.07, 6.45) is 0. The Morgan fingerprint density at radius 1 is 1.18 bits per heavy atom. The number of fused-ring (bicyclic) bond motifs is 1. The molecular weight excluding hydrogens is 367 g/mol. The minimum atomic E-state index is -1.77. The van der Waals surface area contributed by atoms with Gasteiger partial charge >= 0.3 is 29.6 Å². The number of nitrogens with zero attached hydrogens (tertiary/aromatic N) is 1. The van der Waals surface area contributed by atoms with E-state index in [-0.39, 0.29) is 41.2 Å². The summed E-state index contributed by atoms with van der Waals surface area (Å²) < 4.78 is 2.08. The van der Waals surface area contributed by atoms with Crippen LogP contribution in [0.2, 0.25) is 0 Å². The fourth-order valence-electron chi connectivity index (χ4n) is 3.26. The third-order valence-electron chi connectivity index (χ3n) is 4.64. The number of carbonyl (C=O) groups excluding carboxylic acids is 2. The van der Waals surface area contributed by atoms with Crippen molar-refractivity contribution >= 4 is 28.5 Å². The largest absolute Gasteiger partial charge is 1.00 e. The number of anilines is 1. The normalized spacial score (nSPS) is 10.7. The van der Waals surface area contributed by atoms with E-state index in [2.05, 4.69) is 9.88 Å². The number of aryl methyl sites for hydroxylation is 1. The maximum Gasteiger partial charge on any atom is 1.00 e. The summed E-state index contributed by atoms with van der Waals surface area (Å²) >= 11 is 0.